The summed E-state index contributed by atoms with van der Waals surface area (Å²) >= 11 is 5.96. The summed E-state index contributed by atoms with van der Waals surface area (Å²) in [6.45, 7) is 3.24. The molecule has 2 aromatic rings. The maximum Gasteiger partial charge on any atom is 0.239 e. The van der Waals surface area contributed by atoms with Crippen LogP contribution in [0.3, 0.4) is 0 Å². The average Bonchev–Trinajstić information content (AvgIpc) is 2.63. The lowest BCUT2D eigenvalue weighted by Gasteiger charge is -2.23. The zero-order chi connectivity index (χ0) is 20.0. The van der Waals surface area contributed by atoms with Gasteiger partial charge < -0.3 is 15.4 Å². The lowest BCUT2D eigenvalue weighted by Crippen LogP contribution is -2.45. The number of carbonyl (C=O) groups excluding carboxylic acids is 2. The summed E-state index contributed by atoms with van der Waals surface area (Å²) in [5.74, 6) is -0.857. The molecule has 2 N–H and O–H groups in total. The molecule has 0 saturated heterocycles. The number of nitrogens with one attached hydrogen (secondary N) is 2. The highest BCUT2D eigenvalue weighted by molar-refractivity contribution is 6.31. The molecule has 0 unspecified atom stereocenters. The monoisotopic (exact) mass is 392 g/mol. The Morgan fingerprint density at radius 3 is 2.52 bits per heavy atom. The van der Waals surface area contributed by atoms with E-state index in [-0.39, 0.29) is 12.4 Å². The number of hydrogen-bond donors (Lipinski definition) is 2. The molecular weight excluding hydrogens is 371 g/mol. The summed E-state index contributed by atoms with van der Waals surface area (Å²) in [5, 5.41) is 5.78. The Balaban J connectivity index is 1.99. The number of anilines is 1. The molecule has 7 heteroatoms. The molecule has 2 amide bonds. The maximum absolute atomic E-state index is 13.6. The topological polar surface area (TPSA) is 67.4 Å². The van der Waals surface area contributed by atoms with Crippen LogP contribution in [0.25, 0.3) is 0 Å². The van der Waals surface area contributed by atoms with Gasteiger partial charge in [-0.05, 0) is 50.1 Å². The van der Waals surface area contributed by atoms with Crippen LogP contribution in [0.1, 0.15) is 19.4 Å². The van der Waals surface area contributed by atoms with Gasteiger partial charge in [0, 0.05) is 11.6 Å². The number of methoxy groups -OCH3 is 1. The Labute approximate surface area is 162 Å². The molecule has 144 valence electrons. The Morgan fingerprint density at radius 1 is 1.15 bits per heavy atom. The molecule has 2 rings (SSSR count). The van der Waals surface area contributed by atoms with E-state index in [0.717, 1.165) is 0 Å². The van der Waals surface area contributed by atoms with Crippen LogP contribution in [0.2, 0.25) is 5.02 Å². The third kappa shape index (κ3) is 5.20. The van der Waals surface area contributed by atoms with Crippen LogP contribution in [0, 0.1) is 11.2 Å². The van der Waals surface area contributed by atoms with Crippen molar-refractivity contribution >= 4 is 29.1 Å². The maximum atomic E-state index is 13.6. The fourth-order valence-corrected chi connectivity index (χ4v) is 2.56. The highest BCUT2D eigenvalue weighted by Gasteiger charge is 2.36. The van der Waals surface area contributed by atoms with Gasteiger partial charge >= 0.3 is 0 Å². The van der Waals surface area contributed by atoms with Crippen LogP contribution in [0.5, 0.6) is 5.75 Å². The van der Waals surface area contributed by atoms with E-state index in [2.05, 4.69) is 10.6 Å². The molecule has 5 nitrogen and oxygen atoms in total. The van der Waals surface area contributed by atoms with Gasteiger partial charge in [-0.3, -0.25) is 9.59 Å². The number of benzene rings is 2. The predicted octanol–water partition coefficient (Wildman–Crippen LogP) is 3.81. The van der Waals surface area contributed by atoms with Gasteiger partial charge in [-0.1, -0.05) is 29.8 Å². The fraction of sp³-hybridized carbons (Fsp3) is 0.300. The molecule has 0 aliphatic carbocycles. The van der Waals surface area contributed by atoms with Crippen molar-refractivity contribution < 1.29 is 18.7 Å². The van der Waals surface area contributed by atoms with Gasteiger partial charge in [0.25, 0.3) is 0 Å². The number of hydrogen-bond acceptors (Lipinski definition) is 3. The van der Waals surface area contributed by atoms with E-state index in [9.17, 15) is 14.0 Å². The van der Waals surface area contributed by atoms with E-state index in [4.69, 9.17) is 16.3 Å². The molecule has 0 heterocycles. The molecule has 0 atom stereocenters. The van der Waals surface area contributed by atoms with Gasteiger partial charge in [0.1, 0.15) is 17.0 Å². The number of halogens is 2. The van der Waals surface area contributed by atoms with Crippen LogP contribution in [-0.2, 0) is 16.0 Å². The van der Waals surface area contributed by atoms with Crippen molar-refractivity contribution in [2.24, 2.45) is 5.41 Å². The Morgan fingerprint density at radius 2 is 1.85 bits per heavy atom. The summed E-state index contributed by atoms with van der Waals surface area (Å²) in [7, 11) is 1.47. The number of ether oxygens (including phenoxy) is 1. The summed E-state index contributed by atoms with van der Waals surface area (Å²) in [4.78, 5) is 25.1. The molecule has 0 aliphatic rings. The van der Waals surface area contributed by atoms with E-state index in [1.165, 1.54) is 27.0 Å². The third-order valence-electron chi connectivity index (χ3n) is 4.18. The van der Waals surface area contributed by atoms with Gasteiger partial charge in [-0.25, -0.2) is 4.39 Å². The van der Waals surface area contributed by atoms with Gasteiger partial charge in [-0.2, -0.15) is 0 Å². The summed E-state index contributed by atoms with van der Waals surface area (Å²) in [5.41, 5.74) is -0.464. The molecule has 2 aromatic carbocycles. The van der Waals surface area contributed by atoms with Gasteiger partial charge in [0.2, 0.25) is 11.8 Å². The number of carbonyl (C=O) groups is 2. The molecule has 0 radical (unpaired) electrons. The highest BCUT2D eigenvalue weighted by atomic mass is 35.5. The van der Waals surface area contributed by atoms with Crippen LogP contribution in [0.4, 0.5) is 10.1 Å². The summed E-state index contributed by atoms with van der Waals surface area (Å²) in [6.07, 6.45) is 0.332. The van der Waals surface area contributed by atoms with Crippen molar-refractivity contribution in [1.29, 1.82) is 0 Å². The van der Waals surface area contributed by atoms with Crippen molar-refractivity contribution in [3.63, 3.8) is 0 Å². The second-order valence-corrected chi connectivity index (χ2v) is 6.96. The highest BCUT2D eigenvalue weighted by Crippen LogP contribution is 2.29. The van der Waals surface area contributed by atoms with Crippen molar-refractivity contribution in [2.45, 2.75) is 20.3 Å². The Kier molecular flexibility index (Phi) is 6.80. The molecule has 0 bridgehead atoms. The van der Waals surface area contributed by atoms with Crippen molar-refractivity contribution in [2.75, 3.05) is 19.0 Å². The lowest BCUT2D eigenvalue weighted by molar-refractivity contribution is -0.138. The standard InChI is InChI=1S/C20H22ClFN2O3/c1-20(2,18(25)23-11-10-13-6-4-5-7-15(13)22)19(26)24-16-12-14(21)8-9-17(16)27-3/h4-9,12H,10-11H2,1-3H3,(H,23,25)(H,24,26). The lowest BCUT2D eigenvalue weighted by atomic mass is 9.90. The van der Waals surface area contributed by atoms with Crippen LogP contribution < -0.4 is 15.4 Å². The quantitative estimate of drug-likeness (QED) is 0.704. The first kappa shape index (κ1) is 20.7. The zero-order valence-electron chi connectivity index (χ0n) is 15.4. The van der Waals surface area contributed by atoms with Crippen molar-refractivity contribution in [1.82, 2.24) is 5.32 Å². The predicted molar refractivity (Wildman–Crippen MR) is 104 cm³/mol. The second-order valence-electron chi connectivity index (χ2n) is 6.52. The molecule has 0 aromatic heterocycles. The van der Waals surface area contributed by atoms with E-state index in [1.807, 2.05) is 0 Å². The van der Waals surface area contributed by atoms with Crippen molar-refractivity contribution in [3.05, 3.63) is 58.9 Å². The van der Waals surface area contributed by atoms with E-state index in [1.54, 1.807) is 36.4 Å². The van der Waals surface area contributed by atoms with Crippen LogP contribution >= 0.6 is 11.6 Å². The average molecular weight is 393 g/mol. The third-order valence-corrected chi connectivity index (χ3v) is 4.42. The normalized spacial score (nSPS) is 11.0. The first-order chi connectivity index (χ1) is 12.8. The van der Waals surface area contributed by atoms with E-state index >= 15 is 0 Å². The molecule has 0 aliphatic heterocycles. The van der Waals surface area contributed by atoms with Gasteiger partial charge in [0.05, 0.1) is 12.8 Å². The number of rotatable bonds is 7. The molecular formula is C20H22ClFN2O3. The van der Waals surface area contributed by atoms with Gasteiger partial charge in [0.15, 0.2) is 0 Å². The second kappa shape index (κ2) is 8.86. The SMILES string of the molecule is COc1ccc(Cl)cc1NC(=O)C(C)(C)C(=O)NCCc1ccccc1F. The number of amides is 2. The van der Waals surface area contributed by atoms with E-state index < -0.39 is 17.2 Å². The van der Waals surface area contributed by atoms with Crippen LogP contribution in [-0.4, -0.2) is 25.5 Å². The van der Waals surface area contributed by atoms with Crippen molar-refractivity contribution in [3.8, 4) is 5.75 Å². The minimum absolute atomic E-state index is 0.219. The molecule has 0 saturated carbocycles. The molecule has 0 fully saturated rings. The van der Waals surface area contributed by atoms with Crippen LogP contribution in [0.15, 0.2) is 42.5 Å². The summed E-state index contributed by atoms with van der Waals surface area (Å²) in [6, 6.07) is 11.2. The molecule has 27 heavy (non-hydrogen) atoms. The Bertz CT molecular complexity index is 840. The first-order valence-electron chi connectivity index (χ1n) is 8.42. The Hall–Kier alpha value is -2.60. The zero-order valence-corrected chi connectivity index (χ0v) is 16.2. The van der Waals surface area contributed by atoms with Gasteiger partial charge in [-0.15, -0.1) is 0 Å². The smallest absolute Gasteiger partial charge is 0.239 e. The minimum Gasteiger partial charge on any atom is -0.495 e. The fourth-order valence-electron chi connectivity index (χ4n) is 2.39. The largest absolute Gasteiger partial charge is 0.495 e. The summed E-state index contributed by atoms with van der Waals surface area (Å²) < 4.78 is 18.8. The van der Waals surface area contributed by atoms with E-state index in [0.29, 0.717) is 28.4 Å². The first-order valence-corrected chi connectivity index (χ1v) is 8.80. The molecule has 0 spiro atoms. The minimum atomic E-state index is -1.34.